The lowest BCUT2D eigenvalue weighted by molar-refractivity contribution is -0.153. The van der Waals surface area contributed by atoms with Crippen LogP contribution in [-0.4, -0.2) is 38.7 Å². The number of H-pyrrole nitrogens is 1. The fourth-order valence-electron chi connectivity index (χ4n) is 2.83. The van der Waals surface area contributed by atoms with E-state index in [9.17, 15) is 31.1 Å². The van der Waals surface area contributed by atoms with Gasteiger partial charge in [0, 0.05) is 23.7 Å². The average Bonchev–Trinajstić information content (AvgIpc) is 3.10. The van der Waals surface area contributed by atoms with Crippen molar-refractivity contribution in [3.05, 3.63) is 58.4 Å². The summed E-state index contributed by atoms with van der Waals surface area (Å²) in [7, 11) is 0. The van der Waals surface area contributed by atoms with Crippen molar-refractivity contribution >= 4 is 0 Å². The lowest BCUT2D eigenvalue weighted by atomic mass is 10.1. The van der Waals surface area contributed by atoms with Gasteiger partial charge >= 0.3 is 12.4 Å². The van der Waals surface area contributed by atoms with E-state index in [4.69, 9.17) is 0 Å². The van der Waals surface area contributed by atoms with Gasteiger partial charge in [0.05, 0.1) is 24.0 Å². The summed E-state index contributed by atoms with van der Waals surface area (Å²) >= 11 is 0. The maximum Gasteiger partial charge on any atom is 0.422 e. The lowest BCUT2D eigenvalue weighted by Crippen LogP contribution is -2.25. The van der Waals surface area contributed by atoms with Crippen molar-refractivity contribution in [1.29, 1.82) is 0 Å². The van der Waals surface area contributed by atoms with Gasteiger partial charge in [0.2, 0.25) is 0 Å². The van der Waals surface area contributed by atoms with Gasteiger partial charge in [0.25, 0.3) is 5.56 Å². The zero-order chi connectivity index (χ0) is 22.8. The van der Waals surface area contributed by atoms with Crippen molar-refractivity contribution in [3.63, 3.8) is 0 Å². The Labute approximate surface area is 171 Å². The molecule has 166 valence electrons. The lowest BCUT2D eigenvalue weighted by Gasteiger charge is -2.15. The van der Waals surface area contributed by atoms with E-state index < -0.39 is 37.4 Å². The highest BCUT2D eigenvalue weighted by Crippen LogP contribution is 2.25. The zero-order valence-electron chi connectivity index (χ0n) is 16.0. The van der Waals surface area contributed by atoms with E-state index in [1.165, 1.54) is 30.5 Å². The average molecular weight is 446 g/mol. The predicted octanol–water partition coefficient (Wildman–Crippen LogP) is 4.37. The normalized spacial score (nSPS) is 12.2. The summed E-state index contributed by atoms with van der Waals surface area (Å²) in [6, 6.07) is 6.08. The van der Waals surface area contributed by atoms with Gasteiger partial charge in [-0.25, -0.2) is 4.98 Å². The van der Waals surface area contributed by atoms with Crippen LogP contribution in [0.1, 0.15) is 17.9 Å². The maximum absolute atomic E-state index is 12.8. The van der Waals surface area contributed by atoms with Crippen molar-refractivity contribution < 1.29 is 31.1 Å². The molecule has 0 atom stereocenters. The molecule has 3 rings (SSSR count). The number of nitrogens with zero attached hydrogens (tertiary/aromatic N) is 3. The topological polar surface area (TPSA) is 72.8 Å². The molecule has 0 fully saturated rings. The Morgan fingerprint density at radius 2 is 1.74 bits per heavy atom. The molecule has 0 saturated heterocycles. The van der Waals surface area contributed by atoms with E-state index >= 15 is 0 Å². The molecule has 31 heavy (non-hydrogen) atoms. The Hall–Kier alpha value is -3.31. The van der Waals surface area contributed by atoms with Gasteiger partial charge in [-0.3, -0.25) is 14.5 Å². The van der Waals surface area contributed by atoms with E-state index in [-0.39, 0.29) is 23.0 Å². The van der Waals surface area contributed by atoms with Gasteiger partial charge in [0.1, 0.15) is 11.6 Å². The Balaban J connectivity index is 2.00. The summed E-state index contributed by atoms with van der Waals surface area (Å²) in [5.74, 6) is -0.256. The molecule has 1 aromatic carbocycles. The smallest absolute Gasteiger partial charge is 0.422 e. The van der Waals surface area contributed by atoms with Crippen LogP contribution in [0.2, 0.25) is 0 Å². The zero-order valence-corrected chi connectivity index (χ0v) is 16.0. The highest BCUT2D eigenvalue weighted by molar-refractivity contribution is 5.60. The van der Waals surface area contributed by atoms with Crippen LogP contribution < -0.4 is 10.3 Å². The van der Waals surface area contributed by atoms with Crippen LogP contribution in [0, 0.1) is 6.92 Å². The number of aromatic nitrogens is 4. The summed E-state index contributed by atoms with van der Waals surface area (Å²) in [6.45, 7) is 0.175. The number of aromatic amines is 1. The van der Waals surface area contributed by atoms with Gasteiger partial charge in [-0.2, -0.15) is 31.4 Å². The summed E-state index contributed by atoms with van der Waals surface area (Å²) < 4.78 is 80.9. The molecule has 2 aromatic heterocycles. The third-order valence-electron chi connectivity index (χ3n) is 4.22. The van der Waals surface area contributed by atoms with Crippen LogP contribution >= 0.6 is 0 Å². The van der Waals surface area contributed by atoms with E-state index in [0.717, 1.165) is 10.6 Å². The van der Waals surface area contributed by atoms with Crippen LogP contribution in [0.5, 0.6) is 5.75 Å². The number of rotatable bonds is 6. The minimum absolute atomic E-state index is 0.107. The second-order valence-corrected chi connectivity index (χ2v) is 6.65. The highest BCUT2D eigenvalue weighted by atomic mass is 19.4. The number of aryl methyl sites for hydroxylation is 2. The number of alkyl halides is 6. The molecule has 0 spiro atoms. The Morgan fingerprint density at radius 1 is 1.06 bits per heavy atom. The fourth-order valence-corrected chi connectivity index (χ4v) is 2.83. The Morgan fingerprint density at radius 3 is 2.29 bits per heavy atom. The Kier molecular flexibility index (Phi) is 6.09. The summed E-state index contributed by atoms with van der Waals surface area (Å²) in [4.78, 5) is 17.0. The SMILES string of the molecule is Cc1[nH]ncc1-c1cc(=O)n(-c2ccc(OCC(F)(F)F)cc2)c(CCC(F)(F)F)n1. The number of nitrogens with one attached hydrogen (secondary N) is 1. The molecule has 2 heterocycles. The number of hydrogen-bond donors (Lipinski definition) is 1. The number of halogens is 6. The van der Waals surface area contributed by atoms with Gasteiger partial charge in [-0.15, -0.1) is 0 Å². The number of benzene rings is 1. The molecule has 0 bridgehead atoms. The molecular weight excluding hydrogens is 430 g/mol. The van der Waals surface area contributed by atoms with Crippen LogP contribution in [0.3, 0.4) is 0 Å². The van der Waals surface area contributed by atoms with E-state index in [0.29, 0.717) is 11.3 Å². The maximum atomic E-state index is 12.8. The van der Waals surface area contributed by atoms with E-state index in [2.05, 4.69) is 19.9 Å². The minimum Gasteiger partial charge on any atom is -0.484 e. The Bertz CT molecular complexity index is 1100. The van der Waals surface area contributed by atoms with Gasteiger partial charge < -0.3 is 4.74 Å². The first-order valence-electron chi connectivity index (χ1n) is 8.93. The molecule has 0 amide bonds. The molecular formula is C19H16F6N4O2. The first-order chi connectivity index (χ1) is 14.4. The number of ether oxygens (including phenoxy) is 1. The van der Waals surface area contributed by atoms with Crippen LogP contribution in [0.4, 0.5) is 26.3 Å². The van der Waals surface area contributed by atoms with Crippen LogP contribution in [-0.2, 0) is 6.42 Å². The molecule has 0 radical (unpaired) electrons. The fraction of sp³-hybridized carbons (Fsp3) is 0.316. The van der Waals surface area contributed by atoms with Gasteiger partial charge in [-0.1, -0.05) is 0 Å². The van der Waals surface area contributed by atoms with E-state index in [1.807, 2.05) is 0 Å². The standard InChI is InChI=1S/C19H16F6N4O2/c1-11-14(9-26-28-11)15-8-17(30)29(16(27-15)6-7-18(20,21)22)12-2-4-13(5-3-12)31-10-19(23,24)25/h2-5,8-9H,6-7,10H2,1H3,(H,26,28). The summed E-state index contributed by atoms with van der Waals surface area (Å²) in [5.41, 5.74) is 0.706. The first-order valence-corrected chi connectivity index (χ1v) is 8.93. The molecule has 0 unspecified atom stereocenters. The monoisotopic (exact) mass is 446 g/mol. The second kappa shape index (κ2) is 8.44. The van der Waals surface area contributed by atoms with Crippen molar-refractivity contribution in [3.8, 4) is 22.7 Å². The molecule has 12 heteroatoms. The van der Waals surface area contributed by atoms with Crippen molar-refractivity contribution in [2.24, 2.45) is 0 Å². The van der Waals surface area contributed by atoms with Crippen molar-refractivity contribution in [2.75, 3.05) is 6.61 Å². The third kappa shape index (κ3) is 5.86. The van der Waals surface area contributed by atoms with Crippen molar-refractivity contribution in [2.45, 2.75) is 32.1 Å². The molecule has 3 aromatic rings. The highest BCUT2D eigenvalue weighted by Gasteiger charge is 2.29. The molecule has 0 aliphatic heterocycles. The molecule has 0 aliphatic carbocycles. The largest absolute Gasteiger partial charge is 0.484 e. The summed E-state index contributed by atoms with van der Waals surface area (Å²) in [6.07, 6.45) is -9.37. The molecule has 1 N–H and O–H groups in total. The van der Waals surface area contributed by atoms with E-state index in [1.54, 1.807) is 6.92 Å². The van der Waals surface area contributed by atoms with Crippen LogP contribution in [0.15, 0.2) is 41.3 Å². The van der Waals surface area contributed by atoms with Crippen LogP contribution in [0.25, 0.3) is 16.9 Å². The molecule has 0 aliphatic rings. The second-order valence-electron chi connectivity index (χ2n) is 6.65. The first kappa shape index (κ1) is 22.4. The van der Waals surface area contributed by atoms with Gasteiger partial charge in [0.15, 0.2) is 6.61 Å². The molecule has 6 nitrogen and oxygen atoms in total. The third-order valence-corrected chi connectivity index (χ3v) is 4.22. The minimum atomic E-state index is -4.52. The quantitative estimate of drug-likeness (QED) is 0.571. The predicted molar refractivity (Wildman–Crippen MR) is 98.1 cm³/mol. The van der Waals surface area contributed by atoms with Crippen molar-refractivity contribution in [1.82, 2.24) is 19.7 Å². The van der Waals surface area contributed by atoms with Gasteiger partial charge in [-0.05, 0) is 31.2 Å². The summed E-state index contributed by atoms with van der Waals surface area (Å²) in [5, 5.41) is 6.48. The molecule has 0 saturated carbocycles. The number of hydrogen-bond acceptors (Lipinski definition) is 4.